The van der Waals surface area contributed by atoms with Gasteiger partial charge in [-0.2, -0.15) is 0 Å². The van der Waals surface area contributed by atoms with Crippen molar-refractivity contribution in [2.24, 2.45) is 5.92 Å². The number of rotatable bonds is 5. The zero-order valence-corrected chi connectivity index (χ0v) is 11.2. The van der Waals surface area contributed by atoms with E-state index in [2.05, 4.69) is 19.2 Å². The Morgan fingerprint density at radius 1 is 1.33 bits per heavy atom. The van der Waals surface area contributed by atoms with E-state index in [1.165, 1.54) is 12.1 Å². The monoisotopic (exact) mass is 249 g/mol. The van der Waals surface area contributed by atoms with Crippen molar-refractivity contribution in [3.8, 4) is 0 Å². The van der Waals surface area contributed by atoms with Gasteiger partial charge in [-0.1, -0.05) is 20.3 Å². The number of nitrogens with one attached hydrogen (secondary N) is 1. The maximum Gasteiger partial charge on any atom is 0.134 e. The molecule has 0 aliphatic carbocycles. The van der Waals surface area contributed by atoms with Crippen LogP contribution in [0.15, 0.2) is 28.7 Å². The van der Waals surface area contributed by atoms with Crippen LogP contribution in [0.2, 0.25) is 0 Å². The molecule has 2 rings (SSSR count). The zero-order chi connectivity index (χ0) is 13.1. The summed E-state index contributed by atoms with van der Waals surface area (Å²) in [6.07, 6.45) is 2.28. The highest BCUT2D eigenvalue weighted by Gasteiger charge is 2.20. The van der Waals surface area contributed by atoms with Gasteiger partial charge in [0.05, 0.1) is 6.04 Å². The van der Waals surface area contributed by atoms with E-state index in [0.717, 1.165) is 29.6 Å². The van der Waals surface area contributed by atoms with Gasteiger partial charge >= 0.3 is 0 Å². The van der Waals surface area contributed by atoms with Crippen molar-refractivity contribution < 1.29 is 8.81 Å². The zero-order valence-electron chi connectivity index (χ0n) is 11.2. The molecule has 0 aliphatic heterocycles. The molecule has 0 bridgehead atoms. The van der Waals surface area contributed by atoms with Gasteiger partial charge in [-0.25, -0.2) is 4.39 Å². The molecule has 3 heteroatoms. The maximum atomic E-state index is 13.2. The molecular formula is C15H20FNO. The van der Waals surface area contributed by atoms with Gasteiger partial charge < -0.3 is 9.73 Å². The number of benzene rings is 1. The highest BCUT2D eigenvalue weighted by Crippen LogP contribution is 2.30. The van der Waals surface area contributed by atoms with Crippen molar-refractivity contribution in [2.75, 3.05) is 7.05 Å². The maximum absolute atomic E-state index is 13.2. The molecule has 0 saturated heterocycles. The molecule has 98 valence electrons. The summed E-state index contributed by atoms with van der Waals surface area (Å²) in [5.41, 5.74) is 0.746. The Bertz CT molecular complexity index is 520. The normalized spacial score (nSPS) is 14.9. The minimum absolute atomic E-state index is 0.181. The first-order chi connectivity index (χ1) is 8.65. The van der Waals surface area contributed by atoms with Crippen molar-refractivity contribution in [3.05, 3.63) is 35.8 Å². The average molecular weight is 249 g/mol. The molecule has 0 aliphatic rings. The second-order valence-corrected chi connectivity index (χ2v) is 4.86. The number of hydrogen-bond acceptors (Lipinski definition) is 2. The first kappa shape index (κ1) is 13.1. The number of fused-ring (bicyclic) bond motifs is 1. The van der Waals surface area contributed by atoms with Crippen molar-refractivity contribution in [2.45, 2.75) is 32.7 Å². The van der Waals surface area contributed by atoms with Gasteiger partial charge in [-0.3, -0.25) is 0 Å². The third kappa shape index (κ3) is 2.56. The van der Waals surface area contributed by atoms with Gasteiger partial charge in [0.1, 0.15) is 17.2 Å². The third-order valence-corrected chi connectivity index (χ3v) is 3.43. The minimum atomic E-state index is -0.225. The molecule has 2 aromatic rings. The lowest BCUT2D eigenvalue weighted by Crippen LogP contribution is -2.22. The first-order valence-corrected chi connectivity index (χ1v) is 6.52. The molecule has 18 heavy (non-hydrogen) atoms. The molecule has 0 amide bonds. The summed E-state index contributed by atoms with van der Waals surface area (Å²) >= 11 is 0. The van der Waals surface area contributed by atoms with Gasteiger partial charge in [-0.15, -0.1) is 0 Å². The summed E-state index contributed by atoms with van der Waals surface area (Å²) in [5.74, 6) is 1.15. The Morgan fingerprint density at radius 2 is 2.11 bits per heavy atom. The van der Waals surface area contributed by atoms with Gasteiger partial charge in [0.2, 0.25) is 0 Å². The number of furan rings is 1. The summed E-state index contributed by atoms with van der Waals surface area (Å²) in [7, 11) is 1.94. The molecular weight excluding hydrogens is 229 g/mol. The summed E-state index contributed by atoms with van der Waals surface area (Å²) in [6.45, 7) is 4.38. The summed E-state index contributed by atoms with van der Waals surface area (Å²) in [5, 5.41) is 4.12. The van der Waals surface area contributed by atoms with Crippen LogP contribution in [0.1, 0.15) is 38.5 Å². The molecule has 1 aromatic carbocycles. The lowest BCUT2D eigenvalue weighted by molar-refractivity contribution is 0.333. The van der Waals surface area contributed by atoms with E-state index in [9.17, 15) is 4.39 Å². The van der Waals surface area contributed by atoms with Crippen LogP contribution in [0.3, 0.4) is 0 Å². The molecule has 2 atom stereocenters. The SMILES string of the molecule is CCCC(C)C(NC)c1cc2cc(F)ccc2o1. The summed E-state index contributed by atoms with van der Waals surface area (Å²) in [4.78, 5) is 0. The molecule has 2 unspecified atom stereocenters. The molecule has 0 spiro atoms. The van der Waals surface area contributed by atoms with E-state index in [1.807, 2.05) is 13.1 Å². The Morgan fingerprint density at radius 3 is 2.78 bits per heavy atom. The summed E-state index contributed by atoms with van der Waals surface area (Å²) in [6, 6.07) is 6.75. The Labute approximate surface area is 107 Å². The van der Waals surface area contributed by atoms with Gasteiger partial charge in [0.15, 0.2) is 0 Å². The Hall–Kier alpha value is -1.35. The van der Waals surface area contributed by atoms with Crippen molar-refractivity contribution in [3.63, 3.8) is 0 Å². The highest BCUT2D eigenvalue weighted by molar-refractivity contribution is 5.78. The van der Waals surface area contributed by atoms with Crippen LogP contribution in [0, 0.1) is 11.7 Å². The van der Waals surface area contributed by atoms with Crippen molar-refractivity contribution >= 4 is 11.0 Å². The molecule has 2 nitrogen and oxygen atoms in total. The van der Waals surface area contributed by atoms with Crippen molar-refractivity contribution in [1.82, 2.24) is 5.32 Å². The molecule has 1 N–H and O–H groups in total. The van der Waals surface area contributed by atoms with Crippen LogP contribution in [0.5, 0.6) is 0 Å². The highest BCUT2D eigenvalue weighted by atomic mass is 19.1. The fourth-order valence-electron chi connectivity index (χ4n) is 2.52. The standard InChI is InChI=1S/C15H20FNO/c1-4-5-10(2)15(17-3)14-9-11-8-12(16)6-7-13(11)18-14/h6-10,15,17H,4-5H2,1-3H3. The number of halogens is 1. The van der Waals surface area contributed by atoms with E-state index < -0.39 is 0 Å². The van der Waals surface area contributed by atoms with Crippen LogP contribution < -0.4 is 5.32 Å². The molecule has 0 radical (unpaired) electrons. The van der Waals surface area contributed by atoms with E-state index in [-0.39, 0.29) is 11.9 Å². The van der Waals surface area contributed by atoms with E-state index in [0.29, 0.717) is 5.92 Å². The topological polar surface area (TPSA) is 25.2 Å². The summed E-state index contributed by atoms with van der Waals surface area (Å²) < 4.78 is 19.0. The van der Waals surface area contributed by atoms with E-state index >= 15 is 0 Å². The fraction of sp³-hybridized carbons (Fsp3) is 0.467. The van der Waals surface area contributed by atoms with E-state index in [1.54, 1.807) is 6.07 Å². The van der Waals surface area contributed by atoms with Crippen LogP contribution in [-0.4, -0.2) is 7.05 Å². The van der Waals surface area contributed by atoms with Crippen LogP contribution in [0.25, 0.3) is 11.0 Å². The van der Waals surface area contributed by atoms with Crippen LogP contribution in [0.4, 0.5) is 4.39 Å². The molecule has 1 heterocycles. The van der Waals surface area contributed by atoms with Gasteiger partial charge in [0.25, 0.3) is 0 Å². The lowest BCUT2D eigenvalue weighted by Gasteiger charge is -2.20. The Kier molecular flexibility index (Phi) is 4.02. The third-order valence-electron chi connectivity index (χ3n) is 3.43. The van der Waals surface area contributed by atoms with Crippen LogP contribution in [-0.2, 0) is 0 Å². The minimum Gasteiger partial charge on any atom is -0.459 e. The van der Waals surface area contributed by atoms with Gasteiger partial charge in [-0.05, 0) is 43.7 Å². The lowest BCUT2D eigenvalue weighted by atomic mass is 9.95. The number of hydrogen-bond donors (Lipinski definition) is 1. The smallest absolute Gasteiger partial charge is 0.134 e. The quantitative estimate of drug-likeness (QED) is 0.856. The predicted octanol–water partition coefficient (Wildman–Crippen LogP) is 4.27. The van der Waals surface area contributed by atoms with Crippen molar-refractivity contribution in [1.29, 1.82) is 0 Å². The fourth-order valence-corrected chi connectivity index (χ4v) is 2.52. The largest absolute Gasteiger partial charge is 0.459 e. The molecule has 0 saturated carbocycles. The first-order valence-electron chi connectivity index (χ1n) is 6.52. The second kappa shape index (κ2) is 5.53. The second-order valence-electron chi connectivity index (χ2n) is 4.86. The molecule has 1 aromatic heterocycles. The predicted molar refractivity (Wildman–Crippen MR) is 72.0 cm³/mol. The van der Waals surface area contributed by atoms with Crippen LogP contribution >= 0.6 is 0 Å². The Balaban J connectivity index is 2.33. The molecule has 0 fully saturated rings. The van der Waals surface area contributed by atoms with E-state index in [4.69, 9.17) is 4.42 Å². The average Bonchev–Trinajstić information content (AvgIpc) is 2.72. The van der Waals surface area contributed by atoms with Gasteiger partial charge in [0, 0.05) is 5.39 Å².